The Balaban J connectivity index is 2.31. The molecule has 0 spiro atoms. The second-order valence-corrected chi connectivity index (χ2v) is 13.3. The van der Waals surface area contributed by atoms with E-state index in [1.807, 2.05) is 0 Å². The molecule has 0 unspecified atom stereocenters. The zero-order valence-electron chi connectivity index (χ0n) is 11.3. The summed E-state index contributed by atoms with van der Waals surface area (Å²) in [6.45, 7) is 3.55. The standard InChI is InChI=1S/C10H21FN2O3SSi/c1-12-8-18(3,4,11)16-10(12)9-6-5-7-13(9)17(2,14)15/h9H,5-8H2,1-4H3/t9-/m0/s1. The average Bonchev–Trinajstić information content (AvgIpc) is 2.65. The normalized spacial score (nSPS) is 34.1. The van der Waals surface area contributed by atoms with Crippen molar-refractivity contribution in [2.45, 2.75) is 32.0 Å². The summed E-state index contributed by atoms with van der Waals surface area (Å²) in [6, 6.07) is -0.337. The van der Waals surface area contributed by atoms with Crippen molar-refractivity contribution in [3.8, 4) is 0 Å². The van der Waals surface area contributed by atoms with E-state index in [2.05, 4.69) is 0 Å². The summed E-state index contributed by atoms with van der Waals surface area (Å²) in [5, 5.41) is 0. The molecule has 1 saturated heterocycles. The first-order chi connectivity index (χ1) is 7.97. The van der Waals surface area contributed by atoms with Crippen LogP contribution in [-0.4, -0.2) is 63.2 Å². The third kappa shape index (κ3) is 2.60. The van der Waals surface area contributed by atoms with E-state index < -0.39 is 18.0 Å². The van der Waals surface area contributed by atoms with Gasteiger partial charge in [0.2, 0.25) is 0 Å². The Morgan fingerprint density at radius 3 is 2.56 bits per heavy atom. The van der Waals surface area contributed by atoms with Crippen LogP contribution in [0.5, 0.6) is 0 Å². The van der Waals surface area contributed by atoms with E-state index in [1.165, 1.54) is 23.7 Å². The molecule has 0 bridgehead atoms. The van der Waals surface area contributed by atoms with Gasteiger partial charge in [-0.25, -0.2) is 0 Å². The quantitative estimate of drug-likeness (QED) is 0.427. The molecule has 8 heteroatoms. The van der Waals surface area contributed by atoms with Crippen LogP contribution in [0.15, 0.2) is 0 Å². The Morgan fingerprint density at radius 1 is 1.50 bits per heavy atom. The van der Waals surface area contributed by atoms with Crippen LogP contribution >= 0.6 is 0 Å². The summed E-state index contributed by atoms with van der Waals surface area (Å²) in [5.41, 5.74) is 0. The zero-order valence-corrected chi connectivity index (χ0v) is 13.1. The van der Waals surface area contributed by atoms with Crippen molar-refractivity contribution in [3.05, 3.63) is 0 Å². The van der Waals surface area contributed by atoms with Crippen molar-refractivity contribution in [1.29, 1.82) is 0 Å². The molecule has 0 aliphatic carbocycles. The van der Waals surface area contributed by atoms with E-state index in [4.69, 9.17) is 4.43 Å². The summed E-state index contributed by atoms with van der Waals surface area (Å²) in [4.78, 5) is 0. The first-order valence-electron chi connectivity index (χ1n) is 6.13. The van der Waals surface area contributed by atoms with Crippen LogP contribution in [0.4, 0.5) is 4.11 Å². The van der Waals surface area contributed by atoms with E-state index in [9.17, 15) is 12.5 Å². The first kappa shape index (κ1) is 13.9. The molecule has 0 aromatic heterocycles. The molecule has 18 heavy (non-hydrogen) atoms. The molecule has 0 radical (unpaired) electrons. The second-order valence-electron chi connectivity index (χ2n) is 6.18. The van der Waals surface area contributed by atoms with E-state index in [1.54, 1.807) is 11.6 Å². The second kappa shape index (κ2) is 3.77. The van der Waals surface area contributed by atoms with Crippen LogP contribution in [0.3, 0.4) is 0 Å². The first-order valence-corrected chi connectivity index (χ1v) is 11.5. The predicted molar refractivity (Wildman–Crippen MR) is 70.3 cm³/mol. The van der Waals surface area contributed by atoms with Gasteiger partial charge in [-0.05, 0) is 0 Å². The summed E-state index contributed by atoms with van der Waals surface area (Å²) in [7, 11) is -5.38. The molecule has 2 aliphatic rings. The molecule has 2 aliphatic heterocycles. The van der Waals surface area contributed by atoms with E-state index in [0.29, 0.717) is 18.9 Å². The van der Waals surface area contributed by atoms with Crippen molar-refractivity contribution in [1.82, 2.24) is 4.31 Å². The minimum absolute atomic E-state index is 0.253. The van der Waals surface area contributed by atoms with Crippen molar-refractivity contribution in [2.24, 2.45) is 0 Å². The number of halogens is 1. The van der Waals surface area contributed by atoms with Gasteiger partial charge in [-0.1, -0.05) is 0 Å². The van der Waals surface area contributed by atoms with Gasteiger partial charge in [-0.3, -0.25) is 0 Å². The minimum atomic E-state index is -3.87. The molecular weight excluding hydrogens is 275 g/mol. The maximum atomic E-state index is 14.6. The molecule has 1 atom stereocenters. The molecule has 106 valence electrons. The molecule has 0 amide bonds. The van der Waals surface area contributed by atoms with Crippen LogP contribution in [0.1, 0.15) is 12.8 Å². The van der Waals surface area contributed by atoms with E-state index in [-0.39, 0.29) is 12.2 Å². The molecule has 0 aromatic carbocycles. The number of hydrogen-bond acceptors (Lipinski definition) is 3. The van der Waals surface area contributed by atoms with Gasteiger partial charge in [0.05, 0.1) is 0 Å². The van der Waals surface area contributed by atoms with Crippen LogP contribution in [-0.2, 0) is 14.4 Å². The third-order valence-electron chi connectivity index (χ3n) is 3.39. The average molecular weight is 296 g/mol. The fraction of sp³-hybridized carbons (Fsp3) is 0.900. The van der Waals surface area contributed by atoms with Crippen LogP contribution in [0.25, 0.3) is 0 Å². The predicted octanol–water partition coefficient (Wildman–Crippen LogP) is 0.646. The van der Waals surface area contributed by atoms with Crippen LogP contribution < -0.4 is 0 Å². The van der Waals surface area contributed by atoms with Crippen molar-refractivity contribution in [3.63, 3.8) is 0 Å². The molecule has 1 fully saturated rings. The topological polar surface area (TPSA) is 49.6 Å². The fourth-order valence-corrected chi connectivity index (χ4v) is 6.48. The Morgan fingerprint density at radius 2 is 2.11 bits per heavy atom. The van der Waals surface area contributed by atoms with Gasteiger partial charge in [-0.2, -0.15) is 0 Å². The fourth-order valence-electron chi connectivity index (χ4n) is 2.88. The summed E-state index contributed by atoms with van der Waals surface area (Å²) >= 11 is 0. The van der Waals surface area contributed by atoms with Crippen molar-refractivity contribution in [2.75, 3.05) is 26.0 Å². The van der Waals surface area contributed by atoms with Gasteiger partial charge in [0.15, 0.2) is 0 Å². The molecule has 2 rings (SSSR count). The summed E-state index contributed by atoms with van der Waals surface area (Å²) < 4.78 is 46.7. The van der Waals surface area contributed by atoms with Gasteiger partial charge < -0.3 is 0 Å². The van der Waals surface area contributed by atoms with Gasteiger partial charge in [0.1, 0.15) is 0 Å². The number of nitrogens with zero attached hydrogens (tertiary/aromatic N) is 2. The Bertz CT molecular complexity index is 509. The van der Waals surface area contributed by atoms with Crippen molar-refractivity contribution < 1.29 is 21.5 Å². The Kier molecular flexibility index (Phi) is 2.92. The van der Waals surface area contributed by atoms with E-state index in [0.717, 1.165) is 6.42 Å². The van der Waals surface area contributed by atoms with Gasteiger partial charge >= 0.3 is 108 Å². The maximum absolute atomic E-state index is 14.6. The molecule has 0 saturated carbocycles. The molecule has 2 heterocycles. The van der Waals surface area contributed by atoms with Crippen LogP contribution in [0.2, 0.25) is 13.1 Å². The summed E-state index contributed by atoms with van der Waals surface area (Å²) in [5.74, 6) is 0.485. The number of sulfonamides is 1. The third-order valence-corrected chi connectivity index (χ3v) is 6.87. The van der Waals surface area contributed by atoms with Crippen LogP contribution in [0, 0.1) is 0 Å². The van der Waals surface area contributed by atoms with Gasteiger partial charge in [-0.15, -0.1) is 0 Å². The molecular formula is C10H21FN2O3SSi. The number of hydrogen-bond donors (Lipinski definition) is 0. The zero-order chi connectivity index (χ0) is 13.8. The monoisotopic (exact) mass is 296 g/mol. The Hall–Kier alpha value is -0.473. The van der Waals surface area contributed by atoms with Gasteiger partial charge in [0.25, 0.3) is 0 Å². The summed E-state index contributed by atoms with van der Waals surface area (Å²) in [6.07, 6.45) is 2.93. The number of rotatable bonds is 2. The molecule has 5 nitrogen and oxygen atoms in total. The SMILES string of the molecule is C[N+]1=C([C@@H]2CCCN2S(C)(=O)=O)O[Si-](C)(C)(F)C1. The Labute approximate surface area is 108 Å². The molecule has 0 aromatic rings. The van der Waals surface area contributed by atoms with Crippen molar-refractivity contribution >= 4 is 23.8 Å². The molecule has 0 N–H and O–H groups in total. The van der Waals surface area contributed by atoms with Gasteiger partial charge in [0, 0.05) is 0 Å². The van der Waals surface area contributed by atoms with E-state index >= 15 is 0 Å².